The van der Waals surface area contributed by atoms with E-state index < -0.39 is 0 Å². The molecule has 1 amide bonds. The molecule has 8 nitrogen and oxygen atoms in total. The van der Waals surface area contributed by atoms with E-state index in [0.717, 1.165) is 23.9 Å². The van der Waals surface area contributed by atoms with Crippen LogP contribution < -0.4 is 10.6 Å². The Bertz CT molecular complexity index is 1050. The second-order valence-corrected chi connectivity index (χ2v) is 7.30. The number of aromatic nitrogens is 3. The molecule has 0 saturated carbocycles. The van der Waals surface area contributed by atoms with Crippen LogP contribution >= 0.6 is 11.6 Å². The molecule has 1 aliphatic heterocycles. The van der Waals surface area contributed by atoms with E-state index in [-0.39, 0.29) is 22.7 Å². The van der Waals surface area contributed by atoms with Crippen LogP contribution in [0.3, 0.4) is 0 Å². The van der Waals surface area contributed by atoms with E-state index in [1.165, 1.54) is 12.1 Å². The number of nitrogens with zero attached hydrogens (tertiary/aromatic N) is 3. The van der Waals surface area contributed by atoms with Crippen LogP contribution in [-0.2, 0) is 11.3 Å². The number of ether oxygens (including phenoxy) is 1. The van der Waals surface area contributed by atoms with Crippen molar-refractivity contribution in [2.75, 3.05) is 23.8 Å². The highest BCUT2D eigenvalue weighted by atomic mass is 35.5. The smallest absolute Gasteiger partial charge is 0.259 e. The molecule has 0 bridgehead atoms. The van der Waals surface area contributed by atoms with Crippen molar-refractivity contribution >= 4 is 39.9 Å². The van der Waals surface area contributed by atoms with Crippen LogP contribution in [0.15, 0.2) is 30.6 Å². The third kappa shape index (κ3) is 3.99. The fraction of sp³-hybridized carbons (Fsp3) is 0.350. The van der Waals surface area contributed by atoms with Crippen molar-refractivity contribution in [3.05, 3.63) is 41.2 Å². The minimum atomic E-state index is -0.319. The number of nitrogens with one attached hydrogen (secondary N) is 2. The number of hydrogen-bond acceptors (Lipinski definition) is 6. The quantitative estimate of drug-likeness (QED) is 0.550. The van der Waals surface area contributed by atoms with Gasteiger partial charge in [0.25, 0.3) is 5.91 Å². The van der Waals surface area contributed by atoms with Crippen LogP contribution in [0.25, 0.3) is 11.0 Å². The zero-order valence-electron chi connectivity index (χ0n) is 16.0. The Morgan fingerprint density at radius 2 is 2.14 bits per heavy atom. The lowest BCUT2D eigenvalue weighted by molar-refractivity contribution is 0.0904. The molecule has 9 heteroatoms. The summed E-state index contributed by atoms with van der Waals surface area (Å²) in [7, 11) is 0. The third-order valence-corrected chi connectivity index (χ3v) is 5.29. The summed E-state index contributed by atoms with van der Waals surface area (Å²) < 4.78 is 7.24. The van der Waals surface area contributed by atoms with Crippen molar-refractivity contribution in [2.45, 2.75) is 32.4 Å². The highest BCUT2D eigenvalue weighted by Gasteiger charge is 2.22. The van der Waals surface area contributed by atoms with Gasteiger partial charge in [0.2, 0.25) is 0 Å². The molecule has 1 fully saturated rings. The summed E-state index contributed by atoms with van der Waals surface area (Å²) >= 11 is 5.95. The Labute approximate surface area is 172 Å². The number of benzene rings is 1. The first-order valence-electron chi connectivity index (χ1n) is 9.55. The molecule has 1 aromatic carbocycles. The van der Waals surface area contributed by atoms with Gasteiger partial charge in [-0.05, 0) is 38.0 Å². The van der Waals surface area contributed by atoms with E-state index >= 15 is 0 Å². The zero-order chi connectivity index (χ0) is 20.4. The number of carbonyl (C=O) groups is 1. The summed E-state index contributed by atoms with van der Waals surface area (Å²) in [5.74, 6) is -0.360. The Kier molecular flexibility index (Phi) is 5.55. The number of rotatable bonds is 5. The lowest BCUT2D eigenvalue weighted by Crippen LogP contribution is -2.29. The largest absolute Gasteiger partial charge is 0.506 e. The minimum Gasteiger partial charge on any atom is -0.506 e. The van der Waals surface area contributed by atoms with E-state index in [1.807, 2.05) is 6.92 Å². The Balaban J connectivity index is 1.70. The fourth-order valence-electron chi connectivity index (χ4n) is 3.41. The van der Waals surface area contributed by atoms with Gasteiger partial charge in [0, 0.05) is 37.7 Å². The average molecular weight is 416 g/mol. The second-order valence-electron chi connectivity index (χ2n) is 6.90. The summed E-state index contributed by atoms with van der Waals surface area (Å²) in [5.41, 5.74) is 2.35. The summed E-state index contributed by atoms with van der Waals surface area (Å²) in [5, 5.41) is 21.3. The van der Waals surface area contributed by atoms with E-state index in [2.05, 4.69) is 20.7 Å². The van der Waals surface area contributed by atoms with Crippen molar-refractivity contribution in [1.29, 1.82) is 0 Å². The van der Waals surface area contributed by atoms with E-state index in [4.69, 9.17) is 16.3 Å². The molecule has 29 heavy (non-hydrogen) atoms. The topological polar surface area (TPSA) is 101 Å². The molecule has 4 rings (SSSR count). The molecular weight excluding hydrogens is 394 g/mol. The maximum Gasteiger partial charge on any atom is 0.259 e. The summed E-state index contributed by atoms with van der Waals surface area (Å²) in [6.07, 6.45) is 5.03. The maximum absolute atomic E-state index is 13.0. The molecule has 0 aliphatic carbocycles. The Hall–Kier alpha value is -2.84. The standard InChI is InChI=1S/C20H22ClN5O3/c1-2-26-19-14(11-23-26)18(24-12-5-7-29-8-6-12)15(10-22-19)20(28)25-13-3-4-17(27)16(21)9-13/h3-4,9-12,27H,2,5-8H2,1H3,(H,22,24)(H,25,28). The van der Waals surface area contributed by atoms with Crippen LogP contribution in [0.4, 0.5) is 11.4 Å². The van der Waals surface area contributed by atoms with Gasteiger partial charge in [-0.1, -0.05) is 11.6 Å². The molecule has 0 radical (unpaired) electrons. The predicted octanol–water partition coefficient (Wildman–Crippen LogP) is 3.65. The van der Waals surface area contributed by atoms with E-state index in [0.29, 0.717) is 36.7 Å². The lowest BCUT2D eigenvalue weighted by Gasteiger charge is -2.25. The van der Waals surface area contributed by atoms with Gasteiger partial charge in [-0.2, -0.15) is 5.10 Å². The number of aromatic hydroxyl groups is 1. The van der Waals surface area contributed by atoms with Gasteiger partial charge in [0.1, 0.15) is 5.75 Å². The van der Waals surface area contributed by atoms with Crippen LogP contribution in [-0.4, -0.2) is 45.0 Å². The normalized spacial score (nSPS) is 14.8. The average Bonchev–Trinajstić information content (AvgIpc) is 3.15. The van der Waals surface area contributed by atoms with Crippen LogP contribution in [0.5, 0.6) is 5.75 Å². The van der Waals surface area contributed by atoms with Crippen molar-refractivity contribution in [3.63, 3.8) is 0 Å². The monoisotopic (exact) mass is 415 g/mol. The highest BCUT2D eigenvalue weighted by molar-refractivity contribution is 6.32. The van der Waals surface area contributed by atoms with Gasteiger partial charge in [0.05, 0.1) is 27.9 Å². The molecule has 3 heterocycles. The Morgan fingerprint density at radius 1 is 1.34 bits per heavy atom. The number of fused-ring (bicyclic) bond motifs is 1. The molecule has 0 atom stereocenters. The van der Waals surface area contributed by atoms with Crippen molar-refractivity contribution in [1.82, 2.24) is 14.8 Å². The number of pyridine rings is 1. The number of phenolic OH excluding ortho intramolecular Hbond substituents is 1. The van der Waals surface area contributed by atoms with Crippen molar-refractivity contribution < 1.29 is 14.6 Å². The number of hydrogen-bond donors (Lipinski definition) is 3. The highest BCUT2D eigenvalue weighted by Crippen LogP contribution is 2.30. The van der Waals surface area contributed by atoms with Crippen molar-refractivity contribution in [3.8, 4) is 5.75 Å². The number of anilines is 2. The van der Waals surface area contributed by atoms with Crippen LogP contribution in [0, 0.1) is 0 Å². The van der Waals surface area contributed by atoms with Gasteiger partial charge in [-0.25, -0.2) is 9.67 Å². The maximum atomic E-state index is 13.0. The number of aryl methyl sites for hydroxylation is 1. The van der Waals surface area contributed by atoms with Crippen LogP contribution in [0.1, 0.15) is 30.1 Å². The van der Waals surface area contributed by atoms with Gasteiger partial charge in [-0.3, -0.25) is 4.79 Å². The first-order valence-corrected chi connectivity index (χ1v) is 9.93. The molecule has 1 saturated heterocycles. The van der Waals surface area contributed by atoms with Gasteiger partial charge < -0.3 is 20.5 Å². The molecule has 0 spiro atoms. The Morgan fingerprint density at radius 3 is 2.86 bits per heavy atom. The van der Waals surface area contributed by atoms with Gasteiger partial charge >= 0.3 is 0 Å². The van der Waals surface area contributed by atoms with Crippen LogP contribution in [0.2, 0.25) is 5.02 Å². The molecule has 3 N–H and O–H groups in total. The number of halogens is 1. The molecule has 1 aliphatic rings. The molecule has 0 unspecified atom stereocenters. The van der Waals surface area contributed by atoms with Crippen molar-refractivity contribution in [2.24, 2.45) is 0 Å². The summed E-state index contributed by atoms with van der Waals surface area (Å²) in [4.78, 5) is 17.5. The van der Waals surface area contributed by atoms with Gasteiger partial charge in [0.15, 0.2) is 5.65 Å². The minimum absolute atomic E-state index is 0.0402. The van der Waals surface area contributed by atoms with E-state index in [9.17, 15) is 9.90 Å². The first kappa shape index (κ1) is 19.5. The number of phenols is 1. The van der Waals surface area contributed by atoms with Gasteiger partial charge in [-0.15, -0.1) is 0 Å². The van der Waals surface area contributed by atoms with E-state index in [1.54, 1.807) is 23.1 Å². The molecule has 3 aromatic rings. The third-order valence-electron chi connectivity index (χ3n) is 4.99. The first-order chi connectivity index (χ1) is 14.1. The molecule has 2 aromatic heterocycles. The molecular formula is C20H22ClN5O3. The summed E-state index contributed by atoms with van der Waals surface area (Å²) in [6, 6.07) is 4.73. The number of amides is 1. The molecule has 152 valence electrons. The SMILES string of the molecule is CCn1ncc2c(NC3CCOCC3)c(C(=O)Nc3ccc(O)c(Cl)c3)cnc21. The zero-order valence-corrected chi connectivity index (χ0v) is 16.7. The second kappa shape index (κ2) is 8.26. The number of carbonyl (C=O) groups excluding carboxylic acids is 1. The summed E-state index contributed by atoms with van der Waals surface area (Å²) in [6.45, 7) is 4.06. The fourth-order valence-corrected chi connectivity index (χ4v) is 3.60. The predicted molar refractivity (Wildman–Crippen MR) is 112 cm³/mol. The lowest BCUT2D eigenvalue weighted by atomic mass is 10.1.